The summed E-state index contributed by atoms with van der Waals surface area (Å²) in [4.78, 5) is 15.9. The minimum absolute atomic E-state index is 0.00160. The molecule has 1 heterocycles. The number of carbonyl (C=O) groups is 1. The predicted octanol–water partition coefficient (Wildman–Crippen LogP) is 3.49. The lowest BCUT2D eigenvalue weighted by Gasteiger charge is -2.10. The molecule has 0 spiro atoms. The minimum atomic E-state index is -0.00160. The Morgan fingerprint density at radius 2 is 1.90 bits per heavy atom. The molecule has 3 aromatic rings. The third kappa shape index (κ3) is 5.41. The fourth-order valence-electron chi connectivity index (χ4n) is 2.76. The molecular formula is C21H23N5O3. The summed E-state index contributed by atoms with van der Waals surface area (Å²) in [6, 6.07) is 13.0. The molecule has 3 rings (SSSR count). The maximum atomic E-state index is 11.5. The summed E-state index contributed by atoms with van der Waals surface area (Å²) in [5.74, 6) is 2.35. The number of carbonyl (C=O) groups excluding carboxylic acids is 1. The molecule has 0 aliphatic heterocycles. The Morgan fingerprint density at radius 1 is 1.07 bits per heavy atom. The maximum absolute atomic E-state index is 11.5. The number of rotatable bonds is 9. The van der Waals surface area contributed by atoms with Gasteiger partial charge in [-0.2, -0.15) is 10.1 Å². The Morgan fingerprint density at radius 3 is 2.66 bits per heavy atom. The lowest BCUT2D eigenvalue weighted by Crippen LogP contribution is -2.09. The van der Waals surface area contributed by atoms with Gasteiger partial charge in [0.25, 0.3) is 0 Å². The number of hydrogen-bond acceptors (Lipinski definition) is 8. The van der Waals surface area contributed by atoms with Crippen molar-refractivity contribution < 1.29 is 14.3 Å². The SMILES string of the molecule is COc1ccc(CCNc2cnnc(Nc3cccc(C(C)=O)c3)n2)cc1OC. The zero-order chi connectivity index (χ0) is 20.6. The Bertz CT molecular complexity index is 994. The highest BCUT2D eigenvalue weighted by Gasteiger charge is 2.06. The monoisotopic (exact) mass is 393 g/mol. The van der Waals surface area contributed by atoms with Gasteiger partial charge in [0, 0.05) is 17.8 Å². The van der Waals surface area contributed by atoms with Crippen molar-refractivity contribution in [3.63, 3.8) is 0 Å². The van der Waals surface area contributed by atoms with Crippen LogP contribution in [0.5, 0.6) is 11.5 Å². The molecule has 0 saturated heterocycles. The molecule has 8 heteroatoms. The number of benzene rings is 2. The number of methoxy groups -OCH3 is 2. The van der Waals surface area contributed by atoms with Gasteiger partial charge in [0.2, 0.25) is 5.95 Å². The Labute approximate surface area is 169 Å². The molecule has 2 N–H and O–H groups in total. The third-order valence-electron chi connectivity index (χ3n) is 4.25. The largest absolute Gasteiger partial charge is 0.493 e. The number of anilines is 3. The van der Waals surface area contributed by atoms with E-state index in [0.29, 0.717) is 35.4 Å². The van der Waals surface area contributed by atoms with E-state index in [4.69, 9.17) is 9.47 Å². The van der Waals surface area contributed by atoms with E-state index in [-0.39, 0.29) is 5.78 Å². The number of Topliss-reactive ketones (excluding diaryl/α,β-unsaturated/α-hetero) is 1. The topological polar surface area (TPSA) is 98.3 Å². The summed E-state index contributed by atoms with van der Waals surface area (Å²) in [6.07, 6.45) is 2.33. The summed E-state index contributed by atoms with van der Waals surface area (Å²) < 4.78 is 10.6. The summed E-state index contributed by atoms with van der Waals surface area (Å²) in [7, 11) is 3.23. The van der Waals surface area contributed by atoms with Crippen LogP contribution in [0.2, 0.25) is 0 Å². The fraction of sp³-hybridized carbons (Fsp3) is 0.238. The van der Waals surface area contributed by atoms with E-state index in [2.05, 4.69) is 25.8 Å². The molecule has 0 saturated carbocycles. The molecule has 2 aromatic carbocycles. The van der Waals surface area contributed by atoms with Gasteiger partial charge in [-0.3, -0.25) is 4.79 Å². The van der Waals surface area contributed by atoms with Crippen LogP contribution in [0.3, 0.4) is 0 Å². The van der Waals surface area contributed by atoms with Crippen LogP contribution in [0.25, 0.3) is 0 Å². The van der Waals surface area contributed by atoms with Crippen LogP contribution in [0.4, 0.5) is 17.5 Å². The van der Waals surface area contributed by atoms with Crippen LogP contribution in [0.1, 0.15) is 22.8 Å². The number of hydrogen-bond donors (Lipinski definition) is 2. The second-order valence-corrected chi connectivity index (χ2v) is 6.29. The number of aromatic nitrogens is 3. The molecule has 1 aromatic heterocycles. The predicted molar refractivity (Wildman–Crippen MR) is 111 cm³/mol. The number of nitrogens with zero attached hydrogens (tertiary/aromatic N) is 3. The van der Waals surface area contributed by atoms with Crippen LogP contribution in [-0.2, 0) is 6.42 Å². The van der Waals surface area contributed by atoms with Gasteiger partial charge in [0.1, 0.15) is 0 Å². The molecule has 150 valence electrons. The molecule has 0 amide bonds. The second kappa shape index (κ2) is 9.50. The van der Waals surface area contributed by atoms with Crippen LogP contribution in [-0.4, -0.2) is 41.7 Å². The first-order chi connectivity index (χ1) is 14.1. The van der Waals surface area contributed by atoms with Gasteiger partial charge in [-0.1, -0.05) is 18.2 Å². The van der Waals surface area contributed by atoms with E-state index in [1.54, 1.807) is 38.6 Å². The van der Waals surface area contributed by atoms with Gasteiger partial charge in [-0.05, 0) is 43.2 Å². The lowest BCUT2D eigenvalue weighted by molar-refractivity contribution is 0.101. The summed E-state index contributed by atoms with van der Waals surface area (Å²) >= 11 is 0. The molecule has 0 aliphatic carbocycles. The zero-order valence-corrected chi connectivity index (χ0v) is 16.6. The van der Waals surface area contributed by atoms with E-state index in [0.717, 1.165) is 17.7 Å². The van der Waals surface area contributed by atoms with Crippen LogP contribution in [0, 0.1) is 0 Å². The summed E-state index contributed by atoms with van der Waals surface area (Å²) in [6.45, 7) is 2.19. The van der Waals surface area contributed by atoms with E-state index in [1.807, 2.05) is 24.3 Å². The van der Waals surface area contributed by atoms with E-state index >= 15 is 0 Å². The molecule has 0 bridgehead atoms. The molecular weight excluding hydrogens is 370 g/mol. The first-order valence-electron chi connectivity index (χ1n) is 9.11. The molecule has 0 radical (unpaired) electrons. The van der Waals surface area contributed by atoms with Crippen LogP contribution < -0.4 is 20.1 Å². The van der Waals surface area contributed by atoms with Gasteiger partial charge < -0.3 is 20.1 Å². The van der Waals surface area contributed by atoms with Crippen molar-refractivity contribution in [2.24, 2.45) is 0 Å². The molecule has 0 aliphatic rings. The van der Waals surface area contributed by atoms with E-state index in [1.165, 1.54) is 6.92 Å². The highest BCUT2D eigenvalue weighted by Crippen LogP contribution is 2.27. The number of nitrogens with one attached hydrogen (secondary N) is 2. The van der Waals surface area contributed by atoms with Crippen molar-refractivity contribution in [3.05, 3.63) is 59.8 Å². The molecule has 0 unspecified atom stereocenters. The van der Waals surface area contributed by atoms with Gasteiger partial charge in [-0.25, -0.2) is 0 Å². The first kappa shape index (κ1) is 20.1. The molecule has 8 nitrogen and oxygen atoms in total. The van der Waals surface area contributed by atoms with Crippen molar-refractivity contribution in [2.75, 3.05) is 31.4 Å². The zero-order valence-electron chi connectivity index (χ0n) is 16.6. The Kier molecular flexibility index (Phi) is 6.57. The van der Waals surface area contributed by atoms with Crippen LogP contribution >= 0.6 is 0 Å². The van der Waals surface area contributed by atoms with Crippen molar-refractivity contribution in [3.8, 4) is 11.5 Å². The molecule has 29 heavy (non-hydrogen) atoms. The number of ketones is 1. The normalized spacial score (nSPS) is 10.3. The van der Waals surface area contributed by atoms with E-state index in [9.17, 15) is 4.79 Å². The van der Waals surface area contributed by atoms with Crippen molar-refractivity contribution >= 4 is 23.2 Å². The second-order valence-electron chi connectivity index (χ2n) is 6.29. The summed E-state index contributed by atoms with van der Waals surface area (Å²) in [5, 5.41) is 14.3. The first-order valence-corrected chi connectivity index (χ1v) is 9.11. The highest BCUT2D eigenvalue weighted by atomic mass is 16.5. The van der Waals surface area contributed by atoms with Gasteiger partial charge in [-0.15, -0.1) is 5.10 Å². The molecule has 0 fully saturated rings. The lowest BCUT2D eigenvalue weighted by atomic mass is 10.1. The standard InChI is InChI=1S/C21H23N5O3/c1-14(27)16-5-4-6-17(12-16)24-21-25-20(13-23-26-21)22-10-9-15-7-8-18(28-2)19(11-15)29-3/h4-8,11-13H,9-10H2,1-3H3,(H2,22,24,25,26). The average molecular weight is 393 g/mol. The Hall–Kier alpha value is -3.68. The minimum Gasteiger partial charge on any atom is -0.493 e. The summed E-state index contributed by atoms with van der Waals surface area (Å²) in [5.41, 5.74) is 2.45. The fourth-order valence-corrected chi connectivity index (χ4v) is 2.76. The quantitative estimate of drug-likeness (QED) is 0.533. The smallest absolute Gasteiger partial charge is 0.249 e. The van der Waals surface area contributed by atoms with Crippen molar-refractivity contribution in [1.29, 1.82) is 0 Å². The molecule has 0 atom stereocenters. The van der Waals surface area contributed by atoms with Crippen molar-refractivity contribution in [1.82, 2.24) is 15.2 Å². The van der Waals surface area contributed by atoms with Crippen LogP contribution in [0.15, 0.2) is 48.7 Å². The van der Waals surface area contributed by atoms with E-state index < -0.39 is 0 Å². The third-order valence-corrected chi connectivity index (χ3v) is 4.25. The maximum Gasteiger partial charge on any atom is 0.249 e. The Balaban J connectivity index is 1.60. The van der Waals surface area contributed by atoms with Gasteiger partial charge in [0.05, 0.1) is 20.4 Å². The number of ether oxygens (including phenoxy) is 2. The van der Waals surface area contributed by atoms with Gasteiger partial charge >= 0.3 is 0 Å². The average Bonchev–Trinajstić information content (AvgIpc) is 2.74. The van der Waals surface area contributed by atoms with Gasteiger partial charge in [0.15, 0.2) is 23.1 Å². The highest BCUT2D eigenvalue weighted by molar-refractivity contribution is 5.95. The van der Waals surface area contributed by atoms with Crippen molar-refractivity contribution in [2.45, 2.75) is 13.3 Å².